The minimum absolute atomic E-state index is 0. The Kier molecular flexibility index (Phi) is 8.34. The Morgan fingerprint density at radius 3 is 1.73 bits per heavy atom. The first-order valence-corrected chi connectivity index (χ1v) is 14.1. The van der Waals surface area contributed by atoms with Crippen LogP contribution in [0.1, 0.15) is 40.3 Å². The van der Waals surface area contributed by atoms with Crippen LogP contribution in [-0.4, -0.2) is 21.7 Å². The number of rotatable bonds is 4. The third-order valence-electron chi connectivity index (χ3n) is 7.43. The predicted octanol–water partition coefficient (Wildman–Crippen LogP) is 7.62. The first-order chi connectivity index (χ1) is 21.2. The predicted molar refractivity (Wildman–Crippen MR) is 176 cm³/mol. The molecule has 2 aliphatic heterocycles. The van der Waals surface area contributed by atoms with Crippen LogP contribution in [0.25, 0.3) is 74.7 Å². The van der Waals surface area contributed by atoms with Crippen molar-refractivity contribution in [2.45, 2.75) is 6.42 Å². The Labute approximate surface area is 268 Å². The first kappa shape index (κ1) is 29.0. The summed E-state index contributed by atoms with van der Waals surface area (Å²) in [6.45, 7) is 4.09. The van der Waals surface area contributed by atoms with E-state index in [2.05, 4.69) is 42.7 Å². The summed E-state index contributed by atoms with van der Waals surface area (Å²) in [7, 11) is 0. The molecule has 6 heteroatoms. The molecule has 0 aliphatic carbocycles. The van der Waals surface area contributed by atoms with Crippen molar-refractivity contribution >= 4 is 52.4 Å². The fourth-order valence-corrected chi connectivity index (χ4v) is 5.45. The Hall–Kier alpha value is -5.08. The molecule has 8 bridgehead atoms. The standard InChI is InChI=1S/C38H26N4O.Zn/c1-2-27-29-16-20-33(39-29)37(25-11-5-3-6-12-25)35-22-18-31(41-35)28(15-9-10-24-43)32-19-23-36(42-32)38(26-13-7-4-8-14-26)34-21-17-30(27)40-34;/h2-8,11-14,16-23,43H,1,10,24H2;/q-2;+2. The van der Waals surface area contributed by atoms with Crippen LogP contribution in [0.4, 0.5) is 0 Å². The van der Waals surface area contributed by atoms with E-state index >= 15 is 0 Å². The minimum Gasteiger partial charge on any atom is -0.657 e. The third-order valence-corrected chi connectivity index (χ3v) is 7.43. The van der Waals surface area contributed by atoms with Crippen LogP contribution in [0.5, 0.6) is 0 Å². The van der Waals surface area contributed by atoms with Crippen LogP contribution < -0.4 is 9.97 Å². The fraction of sp³-hybridized carbons (Fsp3) is 0.0526. The van der Waals surface area contributed by atoms with E-state index in [4.69, 9.17) is 19.9 Å². The van der Waals surface area contributed by atoms with Crippen LogP contribution >= 0.6 is 0 Å². The number of hydrogen-bond donors (Lipinski definition) is 1. The van der Waals surface area contributed by atoms with Crippen molar-refractivity contribution in [2.75, 3.05) is 6.61 Å². The van der Waals surface area contributed by atoms with E-state index in [9.17, 15) is 5.11 Å². The molecular formula is C38H26N4OZn. The molecule has 5 aromatic rings. The SMILES string of the molecule is C=Cc1c2nc(c(-c3ccccc3)c3ccc([n-]3)c(C#CCCO)c3nc(c(-c4ccccc4)c4ccc1[n-]4)C=C3)C=C2.[Zn+2]. The van der Waals surface area contributed by atoms with Crippen molar-refractivity contribution in [1.29, 1.82) is 0 Å². The van der Waals surface area contributed by atoms with Gasteiger partial charge < -0.3 is 15.1 Å². The maximum atomic E-state index is 9.43. The Balaban J connectivity index is 0.00000343. The van der Waals surface area contributed by atoms with Gasteiger partial charge in [-0.15, -0.1) is 22.1 Å². The Morgan fingerprint density at radius 2 is 1.14 bits per heavy atom. The maximum Gasteiger partial charge on any atom is 2.00 e. The quantitative estimate of drug-likeness (QED) is 0.162. The van der Waals surface area contributed by atoms with Crippen LogP contribution in [0.15, 0.2) is 91.5 Å². The van der Waals surface area contributed by atoms with E-state index in [-0.39, 0.29) is 26.1 Å². The van der Waals surface area contributed by atoms with Gasteiger partial charge in [0.25, 0.3) is 0 Å². The largest absolute Gasteiger partial charge is 2.00 e. The molecule has 0 unspecified atom stereocenters. The third kappa shape index (κ3) is 5.40. The summed E-state index contributed by atoms with van der Waals surface area (Å²) < 4.78 is 0. The molecule has 206 valence electrons. The number of nitrogens with zero attached hydrogens (tertiary/aromatic N) is 4. The van der Waals surface area contributed by atoms with Gasteiger partial charge in [0.15, 0.2) is 0 Å². The van der Waals surface area contributed by atoms with Gasteiger partial charge in [-0.1, -0.05) is 109 Å². The molecule has 0 saturated heterocycles. The molecule has 0 radical (unpaired) electrons. The molecule has 5 nitrogen and oxygen atoms in total. The minimum atomic E-state index is -0.0166. The van der Waals surface area contributed by atoms with Crippen molar-refractivity contribution in [2.24, 2.45) is 0 Å². The summed E-state index contributed by atoms with van der Waals surface area (Å²) in [4.78, 5) is 20.3. The second-order valence-corrected chi connectivity index (χ2v) is 10.1. The number of aliphatic hydroxyl groups is 1. The van der Waals surface area contributed by atoms with Crippen LogP contribution in [0.2, 0.25) is 0 Å². The maximum absolute atomic E-state index is 9.43. The van der Waals surface area contributed by atoms with Gasteiger partial charge in [0, 0.05) is 12.0 Å². The molecule has 0 fully saturated rings. The molecule has 3 aromatic heterocycles. The zero-order chi connectivity index (χ0) is 29.2. The topological polar surface area (TPSA) is 74.2 Å². The summed E-state index contributed by atoms with van der Waals surface area (Å²) in [5, 5.41) is 9.43. The van der Waals surface area contributed by atoms with Crippen molar-refractivity contribution < 1.29 is 24.6 Å². The number of aliphatic hydroxyl groups excluding tert-OH is 1. The summed E-state index contributed by atoms with van der Waals surface area (Å²) in [6, 6.07) is 28.3. The van der Waals surface area contributed by atoms with E-state index < -0.39 is 0 Å². The van der Waals surface area contributed by atoms with Crippen molar-refractivity contribution in [3.05, 3.63) is 125 Å². The van der Waals surface area contributed by atoms with E-state index in [1.54, 1.807) is 0 Å². The van der Waals surface area contributed by atoms with Gasteiger partial charge in [-0.3, -0.25) is 0 Å². The Bertz CT molecular complexity index is 2120. The zero-order valence-corrected chi connectivity index (χ0v) is 27.0. The Morgan fingerprint density at radius 1 is 0.636 bits per heavy atom. The molecule has 2 aliphatic rings. The molecule has 0 spiro atoms. The van der Waals surface area contributed by atoms with Crippen LogP contribution in [-0.2, 0) is 19.5 Å². The average molecular weight is 620 g/mol. The van der Waals surface area contributed by atoms with Crippen molar-refractivity contribution in [1.82, 2.24) is 19.9 Å². The second kappa shape index (κ2) is 12.7. The summed E-state index contributed by atoms with van der Waals surface area (Å²) in [6.07, 6.45) is 10.2. The zero-order valence-electron chi connectivity index (χ0n) is 24.0. The molecule has 0 amide bonds. The number of aromatic nitrogens is 4. The van der Waals surface area contributed by atoms with Gasteiger partial charge in [-0.2, -0.15) is 0 Å². The molecule has 0 saturated carbocycles. The molecule has 1 N–H and O–H groups in total. The number of fused-ring (bicyclic) bond motifs is 8. The fourth-order valence-electron chi connectivity index (χ4n) is 5.45. The molecule has 2 aromatic carbocycles. The smallest absolute Gasteiger partial charge is 0.657 e. The van der Waals surface area contributed by atoms with E-state index in [1.165, 1.54) is 0 Å². The summed E-state index contributed by atoms with van der Waals surface area (Å²) in [5.41, 5.74) is 11.6. The average Bonchev–Trinajstić information content (AvgIpc) is 3.87. The van der Waals surface area contributed by atoms with Gasteiger partial charge in [0.1, 0.15) is 0 Å². The summed E-state index contributed by atoms with van der Waals surface area (Å²) >= 11 is 0. The van der Waals surface area contributed by atoms with E-state index in [0.717, 1.165) is 61.4 Å². The van der Waals surface area contributed by atoms with Gasteiger partial charge in [0.2, 0.25) is 0 Å². The van der Waals surface area contributed by atoms with E-state index in [1.807, 2.05) is 91.0 Å². The molecule has 0 atom stereocenters. The monoisotopic (exact) mass is 618 g/mol. The molecular weight excluding hydrogens is 594 g/mol. The normalized spacial score (nSPS) is 11.5. The van der Waals surface area contributed by atoms with Crippen LogP contribution in [0.3, 0.4) is 0 Å². The first-order valence-electron chi connectivity index (χ1n) is 14.1. The molecule has 5 heterocycles. The number of benzene rings is 2. The molecule has 44 heavy (non-hydrogen) atoms. The van der Waals surface area contributed by atoms with Crippen LogP contribution in [0, 0.1) is 11.8 Å². The van der Waals surface area contributed by atoms with Gasteiger partial charge in [-0.25, -0.2) is 9.97 Å². The molecule has 7 rings (SSSR count). The summed E-state index contributed by atoms with van der Waals surface area (Å²) in [5.74, 6) is 6.34. The van der Waals surface area contributed by atoms with Gasteiger partial charge in [0.05, 0.1) is 29.4 Å². The second-order valence-electron chi connectivity index (χ2n) is 10.1. The number of hydrogen-bond acceptors (Lipinski definition) is 3. The van der Waals surface area contributed by atoms with Gasteiger partial charge in [-0.05, 0) is 52.1 Å². The van der Waals surface area contributed by atoms with Crippen molar-refractivity contribution in [3.63, 3.8) is 0 Å². The van der Waals surface area contributed by atoms with E-state index in [0.29, 0.717) is 23.2 Å². The van der Waals surface area contributed by atoms with Gasteiger partial charge >= 0.3 is 19.5 Å². The van der Waals surface area contributed by atoms with Crippen molar-refractivity contribution in [3.8, 4) is 34.1 Å².